The summed E-state index contributed by atoms with van der Waals surface area (Å²) in [5.74, 6) is 1.28. The summed E-state index contributed by atoms with van der Waals surface area (Å²) in [6.07, 6.45) is 0.353. The SMILES string of the molecule is CCOc1ccc(-c2nnc(CCC(=O)NCCOC)c(=O)[nH]2)cc1OC. The monoisotopic (exact) mass is 376 g/mol. The van der Waals surface area contributed by atoms with Gasteiger partial charge in [-0.25, -0.2) is 0 Å². The highest BCUT2D eigenvalue weighted by Gasteiger charge is 2.12. The molecule has 0 unspecified atom stereocenters. The van der Waals surface area contributed by atoms with Crippen molar-refractivity contribution in [3.63, 3.8) is 0 Å². The van der Waals surface area contributed by atoms with Crippen molar-refractivity contribution in [2.75, 3.05) is 34.0 Å². The summed E-state index contributed by atoms with van der Waals surface area (Å²) >= 11 is 0. The van der Waals surface area contributed by atoms with Crippen molar-refractivity contribution < 1.29 is 19.0 Å². The lowest BCUT2D eigenvalue weighted by molar-refractivity contribution is -0.121. The van der Waals surface area contributed by atoms with E-state index in [-0.39, 0.29) is 30.0 Å². The number of nitrogens with zero attached hydrogens (tertiary/aromatic N) is 2. The third-order valence-corrected chi connectivity index (χ3v) is 3.72. The highest BCUT2D eigenvalue weighted by atomic mass is 16.5. The highest BCUT2D eigenvalue weighted by Crippen LogP contribution is 2.30. The predicted molar refractivity (Wildman–Crippen MR) is 99.0 cm³/mol. The summed E-state index contributed by atoms with van der Waals surface area (Å²) in [6, 6.07) is 5.22. The fourth-order valence-corrected chi connectivity index (χ4v) is 2.36. The van der Waals surface area contributed by atoms with Gasteiger partial charge in [0.05, 0.1) is 20.3 Å². The van der Waals surface area contributed by atoms with Crippen LogP contribution in [0, 0.1) is 0 Å². The van der Waals surface area contributed by atoms with Crippen LogP contribution in [0.15, 0.2) is 23.0 Å². The number of ether oxygens (including phenoxy) is 3. The van der Waals surface area contributed by atoms with Gasteiger partial charge in [0.1, 0.15) is 5.69 Å². The van der Waals surface area contributed by atoms with E-state index in [1.54, 1.807) is 25.3 Å². The van der Waals surface area contributed by atoms with Crippen LogP contribution in [0.1, 0.15) is 19.0 Å². The Morgan fingerprint density at radius 3 is 2.70 bits per heavy atom. The smallest absolute Gasteiger partial charge is 0.273 e. The predicted octanol–water partition coefficient (Wildman–Crippen LogP) is 0.934. The van der Waals surface area contributed by atoms with Gasteiger partial charge in [0.25, 0.3) is 5.56 Å². The van der Waals surface area contributed by atoms with Gasteiger partial charge in [-0.2, -0.15) is 0 Å². The van der Waals surface area contributed by atoms with Crippen molar-refractivity contribution in [3.8, 4) is 22.9 Å². The normalized spacial score (nSPS) is 10.5. The van der Waals surface area contributed by atoms with Gasteiger partial charge in [0, 0.05) is 32.1 Å². The molecule has 2 aromatic rings. The van der Waals surface area contributed by atoms with Crippen molar-refractivity contribution in [1.29, 1.82) is 0 Å². The molecule has 0 saturated carbocycles. The molecule has 1 heterocycles. The van der Waals surface area contributed by atoms with Crippen LogP contribution in [0.2, 0.25) is 0 Å². The molecule has 0 aliphatic rings. The number of aromatic amines is 1. The summed E-state index contributed by atoms with van der Waals surface area (Å²) in [6.45, 7) is 3.26. The third-order valence-electron chi connectivity index (χ3n) is 3.72. The largest absolute Gasteiger partial charge is 0.493 e. The second-order valence-corrected chi connectivity index (χ2v) is 5.59. The molecule has 0 aliphatic carbocycles. The van der Waals surface area contributed by atoms with E-state index in [2.05, 4.69) is 20.5 Å². The highest BCUT2D eigenvalue weighted by molar-refractivity contribution is 5.76. The van der Waals surface area contributed by atoms with Crippen molar-refractivity contribution in [2.24, 2.45) is 0 Å². The lowest BCUT2D eigenvalue weighted by atomic mass is 10.2. The molecule has 2 N–H and O–H groups in total. The number of nitrogens with one attached hydrogen (secondary N) is 2. The zero-order chi connectivity index (χ0) is 19.6. The Kier molecular flexibility index (Phi) is 7.75. The minimum atomic E-state index is -0.377. The molecule has 9 nitrogen and oxygen atoms in total. The molecule has 0 atom stereocenters. The van der Waals surface area contributed by atoms with Crippen LogP contribution >= 0.6 is 0 Å². The zero-order valence-electron chi connectivity index (χ0n) is 15.7. The number of hydrogen-bond acceptors (Lipinski definition) is 7. The third kappa shape index (κ3) is 5.78. The fourth-order valence-electron chi connectivity index (χ4n) is 2.36. The average molecular weight is 376 g/mol. The number of benzene rings is 1. The van der Waals surface area contributed by atoms with E-state index >= 15 is 0 Å². The number of amides is 1. The Morgan fingerprint density at radius 2 is 2.04 bits per heavy atom. The topological polar surface area (TPSA) is 115 Å². The molecule has 0 fully saturated rings. The molecule has 1 aromatic heterocycles. The number of methoxy groups -OCH3 is 2. The van der Waals surface area contributed by atoms with Crippen LogP contribution in [0.25, 0.3) is 11.4 Å². The second kappa shape index (κ2) is 10.3. The molecule has 1 aromatic carbocycles. The first-order valence-corrected chi connectivity index (χ1v) is 8.61. The first-order chi connectivity index (χ1) is 13.1. The first kappa shape index (κ1) is 20.4. The van der Waals surface area contributed by atoms with Crippen LogP contribution in [0.5, 0.6) is 11.5 Å². The first-order valence-electron chi connectivity index (χ1n) is 8.61. The summed E-state index contributed by atoms with van der Waals surface area (Å²) in [4.78, 5) is 26.6. The van der Waals surface area contributed by atoms with Crippen molar-refractivity contribution in [2.45, 2.75) is 19.8 Å². The average Bonchev–Trinajstić information content (AvgIpc) is 2.67. The molecule has 146 valence electrons. The Balaban J connectivity index is 2.08. The summed E-state index contributed by atoms with van der Waals surface area (Å²) in [7, 11) is 3.10. The molecular weight excluding hydrogens is 352 g/mol. The number of carbonyl (C=O) groups is 1. The number of rotatable bonds is 10. The van der Waals surface area contributed by atoms with Crippen LogP contribution in [0.4, 0.5) is 0 Å². The van der Waals surface area contributed by atoms with E-state index in [1.165, 1.54) is 7.11 Å². The molecule has 27 heavy (non-hydrogen) atoms. The number of aromatic nitrogens is 3. The van der Waals surface area contributed by atoms with Crippen molar-refractivity contribution in [1.82, 2.24) is 20.5 Å². The Bertz CT molecular complexity index is 822. The zero-order valence-corrected chi connectivity index (χ0v) is 15.7. The molecular formula is C18H24N4O5. The van der Waals surface area contributed by atoms with Crippen LogP contribution in [0.3, 0.4) is 0 Å². The van der Waals surface area contributed by atoms with E-state index in [4.69, 9.17) is 14.2 Å². The van der Waals surface area contributed by atoms with Gasteiger partial charge in [-0.3, -0.25) is 9.59 Å². The molecule has 0 radical (unpaired) electrons. The molecule has 0 saturated heterocycles. The van der Waals surface area contributed by atoms with Crippen LogP contribution in [-0.4, -0.2) is 55.1 Å². The number of aryl methyl sites for hydroxylation is 1. The van der Waals surface area contributed by atoms with Crippen LogP contribution < -0.4 is 20.3 Å². The molecule has 9 heteroatoms. The number of carbonyl (C=O) groups excluding carboxylic acids is 1. The lowest BCUT2D eigenvalue weighted by Crippen LogP contribution is -2.28. The van der Waals surface area contributed by atoms with E-state index in [9.17, 15) is 9.59 Å². The maximum atomic E-state index is 12.2. The van der Waals surface area contributed by atoms with Crippen molar-refractivity contribution >= 4 is 5.91 Å². The molecule has 1 amide bonds. The standard InChI is InChI=1S/C18H24N4O5/c1-4-27-14-7-5-12(11-15(14)26-3)17-20-18(24)13(21-22-17)6-8-16(23)19-9-10-25-2/h5,7,11H,4,6,8-10H2,1-3H3,(H,19,23)(H,20,22,24). The molecule has 0 bridgehead atoms. The van der Waals surface area contributed by atoms with Gasteiger partial charge in [-0.1, -0.05) is 0 Å². The number of H-pyrrole nitrogens is 1. The molecule has 0 aliphatic heterocycles. The second-order valence-electron chi connectivity index (χ2n) is 5.59. The van der Waals surface area contributed by atoms with Crippen LogP contribution in [-0.2, 0) is 16.0 Å². The van der Waals surface area contributed by atoms with Gasteiger partial charge >= 0.3 is 0 Å². The summed E-state index contributed by atoms with van der Waals surface area (Å²) in [5.41, 5.74) is 0.472. The van der Waals surface area contributed by atoms with E-state index in [1.807, 2.05) is 6.92 Å². The Morgan fingerprint density at radius 1 is 1.22 bits per heavy atom. The van der Waals surface area contributed by atoms with Gasteiger partial charge in [-0.15, -0.1) is 10.2 Å². The maximum absolute atomic E-state index is 12.2. The van der Waals surface area contributed by atoms with E-state index in [0.717, 1.165) is 0 Å². The molecule has 0 spiro atoms. The summed E-state index contributed by atoms with van der Waals surface area (Å²) < 4.78 is 15.6. The Labute approximate surface area is 157 Å². The minimum Gasteiger partial charge on any atom is -0.493 e. The van der Waals surface area contributed by atoms with E-state index in [0.29, 0.717) is 42.6 Å². The lowest BCUT2D eigenvalue weighted by Gasteiger charge is -2.10. The van der Waals surface area contributed by atoms with Gasteiger partial charge in [0.15, 0.2) is 17.3 Å². The van der Waals surface area contributed by atoms with Gasteiger partial charge in [0.2, 0.25) is 5.91 Å². The Hall–Kier alpha value is -2.94. The minimum absolute atomic E-state index is 0.150. The fraction of sp³-hybridized carbons (Fsp3) is 0.444. The quantitative estimate of drug-likeness (QED) is 0.593. The molecule has 2 rings (SSSR count). The maximum Gasteiger partial charge on any atom is 0.273 e. The van der Waals surface area contributed by atoms with Gasteiger partial charge in [-0.05, 0) is 25.1 Å². The van der Waals surface area contributed by atoms with Gasteiger partial charge < -0.3 is 24.5 Å². The van der Waals surface area contributed by atoms with E-state index < -0.39 is 0 Å². The number of hydrogen-bond donors (Lipinski definition) is 2. The summed E-state index contributed by atoms with van der Waals surface area (Å²) in [5, 5.41) is 10.7. The van der Waals surface area contributed by atoms with Crippen molar-refractivity contribution in [3.05, 3.63) is 34.2 Å².